The van der Waals surface area contributed by atoms with Crippen LogP contribution in [0.5, 0.6) is 5.75 Å². The van der Waals surface area contributed by atoms with Crippen molar-refractivity contribution in [1.29, 1.82) is 0 Å². The van der Waals surface area contributed by atoms with Gasteiger partial charge in [0.2, 0.25) is 0 Å². The van der Waals surface area contributed by atoms with E-state index in [-0.39, 0.29) is 5.91 Å². The maximum absolute atomic E-state index is 12.6. The van der Waals surface area contributed by atoms with Crippen LogP contribution < -0.4 is 10.1 Å². The Morgan fingerprint density at radius 3 is 2.58 bits per heavy atom. The maximum Gasteiger partial charge on any atom is 0.256 e. The Kier molecular flexibility index (Phi) is 4.81. The molecule has 0 unspecified atom stereocenters. The summed E-state index contributed by atoms with van der Waals surface area (Å²) in [6.07, 6.45) is 3.12. The van der Waals surface area contributed by atoms with Gasteiger partial charge in [-0.15, -0.1) is 0 Å². The predicted octanol–water partition coefficient (Wildman–Crippen LogP) is 3.79. The van der Waals surface area contributed by atoms with Crippen LogP contribution in [0.15, 0.2) is 67.1 Å². The molecule has 2 aromatic carbocycles. The highest BCUT2D eigenvalue weighted by Gasteiger charge is 2.13. The monoisotopic (exact) mass is 319 g/mol. The smallest absolute Gasteiger partial charge is 0.256 e. The zero-order valence-corrected chi connectivity index (χ0v) is 13.3. The van der Waals surface area contributed by atoms with Gasteiger partial charge in [-0.25, -0.2) is 9.97 Å². The first-order valence-electron chi connectivity index (χ1n) is 7.67. The molecule has 5 heteroatoms. The number of ether oxygens (including phenoxy) is 1. The Balaban J connectivity index is 1.83. The van der Waals surface area contributed by atoms with Crippen molar-refractivity contribution in [1.82, 2.24) is 9.97 Å². The lowest BCUT2D eigenvalue weighted by Gasteiger charge is -2.10. The third kappa shape index (κ3) is 3.57. The van der Waals surface area contributed by atoms with E-state index in [9.17, 15) is 4.79 Å². The summed E-state index contributed by atoms with van der Waals surface area (Å²) < 4.78 is 5.40. The molecule has 0 aliphatic heterocycles. The van der Waals surface area contributed by atoms with Crippen molar-refractivity contribution in [3.05, 3.63) is 72.7 Å². The van der Waals surface area contributed by atoms with E-state index in [2.05, 4.69) is 15.3 Å². The molecule has 0 saturated carbocycles. The summed E-state index contributed by atoms with van der Waals surface area (Å²) in [6, 6.07) is 16.4. The summed E-state index contributed by atoms with van der Waals surface area (Å²) in [4.78, 5) is 20.8. The van der Waals surface area contributed by atoms with Gasteiger partial charge >= 0.3 is 0 Å². The molecule has 120 valence electrons. The molecule has 5 nitrogen and oxygen atoms in total. The van der Waals surface area contributed by atoms with Crippen LogP contribution in [-0.4, -0.2) is 22.5 Å². The second kappa shape index (κ2) is 7.37. The normalized spacial score (nSPS) is 10.2. The van der Waals surface area contributed by atoms with Gasteiger partial charge in [0.25, 0.3) is 5.91 Å². The predicted molar refractivity (Wildman–Crippen MR) is 93.0 cm³/mol. The summed E-state index contributed by atoms with van der Waals surface area (Å²) in [5.41, 5.74) is 2.75. The van der Waals surface area contributed by atoms with E-state index >= 15 is 0 Å². The van der Waals surface area contributed by atoms with Crippen molar-refractivity contribution >= 4 is 11.6 Å². The van der Waals surface area contributed by atoms with Gasteiger partial charge in [-0.1, -0.05) is 18.2 Å². The van der Waals surface area contributed by atoms with Crippen LogP contribution in [0.2, 0.25) is 0 Å². The number of anilines is 1. The first-order valence-corrected chi connectivity index (χ1v) is 7.67. The molecule has 24 heavy (non-hydrogen) atoms. The number of aromatic nitrogens is 2. The Labute approximate surface area is 140 Å². The van der Waals surface area contributed by atoms with E-state index in [1.165, 1.54) is 6.33 Å². The summed E-state index contributed by atoms with van der Waals surface area (Å²) >= 11 is 0. The van der Waals surface area contributed by atoms with Gasteiger partial charge in [-0.2, -0.15) is 0 Å². The van der Waals surface area contributed by atoms with Crippen molar-refractivity contribution in [3.63, 3.8) is 0 Å². The summed E-state index contributed by atoms with van der Waals surface area (Å²) in [5.74, 6) is 0.588. The maximum atomic E-state index is 12.6. The number of hydrogen-bond acceptors (Lipinski definition) is 4. The highest BCUT2D eigenvalue weighted by Crippen LogP contribution is 2.23. The number of hydrogen-bond donors (Lipinski definition) is 1. The Hall–Kier alpha value is -3.21. The second-order valence-electron chi connectivity index (χ2n) is 5.05. The van der Waals surface area contributed by atoms with Gasteiger partial charge < -0.3 is 10.1 Å². The fourth-order valence-electron chi connectivity index (χ4n) is 2.35. The lowest BCUT2D eigenvalue weighted by atomic mass is 10.0. The number of carbonyl (C=O) groups is 1. The minimum absolute atomic E-state index is 0.187. The molecule has 1 amide bonds. The molecular weight excluding hydrogens is 302 g/mol. The van der Waals surface area contributed by atoms with Crippen molar-refractivity contribution in [2.45, 2.75) is 6.92 Å². The quantitative estimate of drug-likeness (QED) is 0.777. The van der Waals surface area contributed by atoms with Gasteiger partial charge in [0.15, 0.2) is 0 Å². The van der Waals surface area contributed by atoms with E-state index in [0.29, 0.717) is 23.6 Å². The molecule has 0 fully saturated rings. The number of nitrogens with zero attached hydrogens (tertiary/aromatic N) is 2. The summed E-state index contributed by atoms with van der Waals surface area (Å²) in [6.45, 7) is 2.54. The molecule has 0 bridgehead atoms. The topological polar surface area (TPSA) is 64.1 Å². The van der Waals surface area contributed by atoms with Crippen LogP contribution >= 0.6 is 0 Å². The van der Waals surface area contributed by atoms with Gasteiger partial charge in [-0.05, 0) is 43.3 Å². The molecule has 0 aliphatic rings. The molecule has 3 rings (SSSR count). The Morgan fingerprint density at radius 1 is 1.08 bits per heavy atom. The average molecular weight is 319 g/mol. The Bertz CT molecular complexity index is 818. The van der Waals surface area contributed by atoms with Crippen molar-refractivity contribution in [3.8, 4) is 17.0 Å². The zero-order valence-electron chi connectivity index (χ0n) is 13.3. The lowest BCUT2D eigenvalue weighted by molar-refractivity contribution is 0.102. The molecule has 0 atom stereocenters. The van der Waals surface area contributed by atoms with Gasteiger partial charge in [0.1, 0.15) is 12.1 Å². The standard InChI is InChI=1S/C19H17N3O2/c1-2-24-15-9-7-14(8-10-15)22-19(23)17-6-4-3-5-16(17)18-11-12-20-13-21-18/h3-13H,2H2,1H3,(H,22,23). The minimum Gasteiger partial charge on any atom is -0.494 e. The van der Waals surface area contributed by atoms with Gasteiger partial charge in [0.05, 0.1) is 12.3 Å². The number of nitrogens with one attached hydrogen (secondary N) is 1. The van der Waals surface area contributed by atoms with Crippen LogP contribution in [-0.2, 0) is 0 Å². The fourth-order valence-corrected chi connectivity index (χ4v) is 2.35. The molecule has 0 aliphatic carbocycles. The van der Waals surface area contributed by atoms with Crippen molar-refractivity contribution in [2.24, 2.45) is 0 Å². The van der Waals surface area contributed by atoms with Crippen molar-refractivity contribution < 1.29 is 9.53 Å². The van der Waals surface area contributed by atoms with Crippen molar-refractivity contribution in [2.75, 3.05) is 11.9 Å². The van der Waals surface area contributed by atoms with E-state index in [1.807, 2.05) is 49.4 Å². The van der Waals surface area contributed by atoms with Gasteiger partial charge in [-0.3, -0.25) is 4.79 Å². The van der Waals surface area contributed by atoms with Crippen LogP contribution in [0.4, 0.5) is 5.69 Å². The number of benzene rings is 2. The third-order valence-electron chi connectivity index (χ3n) is 3.45. The minimum atomic E-state index is -0.187. The van der Waals surface area contributed by atoms with Crippen LogP contribution in [0.3, 0.4) is 0 Å². The molecule has 0 saturated heterocycles. The van der Waals surface area contributed by atoms with E-state index in [4.69, 9.17) is 4.74 Å². The van der Waals surface area contributed by atoms with E-state index < -0.39 is 0 Å². The number of carbonyl (C=O) groups excluding carboxylic acids is 1. The summed E-state index contributed by atoms with van der Waals surface area (Å²) in [7, 11) is 0. The van der Waals surface area contributed by atoms with Crippen LogP contribution in [0.1, 0.15) is 17.3 Å². The molecule has 0 radical (unpaired) electrons. The first kappa shape index (κ1) is 15.7. The molecule has 0 spiro atoms. The number of rotatable bonds is 5. The molecule has 1 heterocycles. The Morgan fingerprint density at radius 2 is 1.88 bits per heavy atom. The molecule has 1 N–H and O–H groups in total. The third-order valence-corrected chi connectivity index (χ3v) is 3.45. The average Bonchev–Trinajstić information content (AvgIpc) is 2.64. The second-order valence-corrected chi connectivity index (χ2v) is 5.05. The largest absolute Gasteiger partial charge is 0.494 e. The van der Waals surface area contributed by atoms with Crippen LogP contribution in [0, 0.1) is 0 Å². The summed E-state index contributed by atoms with van der Waals surface area (Å²) in [5, 5.41) is 2.90. The molecule has 1 aromatic heterocycles. The molecule has 3 aromatic rings. The van der Waals surface area contributed by atoms with Gasteiger partial charge in [0, 0.05) is 23.0 Å². The first-order chi connectivity index (χ1) is 11.8. The zero-order chi connectivity index (χ0) is 16.8. The highest BCUT2D eigenvalue weighted by atomic mass is 16.5. The lowest BCUT2D eigenvalue weighted by Crippen LogP contribution is -2.13. The van der Waals surface area contributed by atoms with E-state index in [0.717, 1.165) is 11.3 Å². The fraction of sp³-hybridized carbons (Fsp3) is 0.105. The van der Waals surface area contributed by atoms with Crippen LogP contribution in [0.25, 0.3) is 11.3 Å². The number of amides is 1. The highest BCUT2D eigenvalue weighted by molar-refractivity contribution is 6.08. The van der Waals surface area contributed by atoms with E-state index in [1.54, 1.807) is 18.3 Å². The molecular formula is C19H17N3O2. The SMILES string of the molecule is CCOc1ccc(NC(=O)c2ccccc2-c2ccncn2)cc1.